The van der Waals surface area contributed by atoms with Gasteiger partial charge in [0.2, 0.25) is 0 Å². The van der Waals surface area contributed by atoms with Crippen molar-refractivity contribution in [2.24, 2.45) is 11.7 Å². The van der Waals surface area contributed by atoms with E-state index in [0.29, 0.717) is 12.1 Å². The fourth-order valence-corrected chi connectivity index (χ4v) is 3.79. The molecule has 0 aromatic heterocycles. The molecule has 1 unspecified atom stereocenters. The molecule has 2 fully saturated rings. The van der Waals surface area contributed by atoms with E-state index in [1.807, 2.05) is 0 Å². The molecular weight excluding hydrogens is 234 g/mol. The Morgan fingerprint density at radius 2 is 1.74 bits per heavy atom. The molecule has 0 radical (unpaired) electrons. The second kappa shape index (κ2) is 7.61. The zero-order valence-electron chi connectivity index (χ0n) is 12.9. The third kappa shape index (κ3) is 4.73. The van der Waals surface area contributed by atoms with Crippen molar-refractivity contribution in [2.45, 2.75) is 76.9 Å². The standard InChI is InChI=1S/C16H33N3/c1-3-10-19-11-8-14(9-12-19)13(2)18-16-6-4-15(17)5-7-16/h13-16,18H,3-12,17H2,1-2H3. The number of piperidine rings is 1. The largest absolute Gasteiger partial charge is 0.328 e. The van der Waals surface area contributed by atoms with E-state index in [9.17, 15) is 0 Å². The minimum absolute atomic E-state index is 0.464. The average Bonchev–Trinajstić information content (AvgIpc) is 2.42. The molecule has 0 bridgehead atoms. The zero-order chi connectivity index (χ0) is 13.7. The molecule has 1 atom stereocenters. The first-order valence-electron chi connectivity index (χ1n) is 8.43. The highest BCUT2D eigenvalue weighted by Crippen LogP contribution is 2.23. The van der Waals surface area contributed by atoms with Gasteiger partial charge in [-0.2, -0.15) is 0 Å². The lowest BCUT2D eigenvalue weighted by atomic mass is 9.87. The van der Waals surface area contributed by atoms with Crippen LogP contribution in [0.25, 0.3) is 0 Å². The number of rotatable bonds is 5. The van der Waals surface area contributed by atoms with Gasteiger partial charge in [-0.25, -0.2) is 0 Å². The molecule has 0 amide bonds. The Kier molecular flexibility index (Phi) is 6.11. The SMILES string of the molecule is CCCN1CCC(C(C)NC2CCC(N)CC2)CC1. The summed E-state index contributed by atoms with van der Waals surface area (Å²) in [5.74, 6) is 0.878. The average molecular weight is 267 g/mol. The summed E-state index contributed by atoms with van der Waals surface area (Å²) in [4.78, 5) is 2.63. The highest BCUT2D eigenvalue weighted by molar-refractivity contribution is 4.85. The number of likely N-dealkylation sites (tertiary alicyclic amines) is 1. The zero-order valence-corrected chi connectivity index (χ0v) is 12.9. The van der Waals surface area contributed by atoms with E-state index >= 15 is 0 Å². The monoisotopic (exact) mass is 267 g/mol. The van der Waals surface area contributed by atoms with Crippen LogP contribution in [0.3, 0.4) is 0 Å². The Morgan fingerprint density at radius 1 is 1.11 bits per heavy atom. The number of hydrogen-bond acceptors (Lipinski definition) is 3. The second-order valence-electron chi connectivity index (χ2n) is 6.75. The van der Waals surface area contributed by atoms with Crippen LogP contribution in [0.4, 0.5) is 0 Å². The fraction of sp³-hybridized carbons (Fsp3) is 1.00. The highest BCUT2D eigenvalue weighted by Gasteiger charge is 2.26. The van der Waals surface area contributed by atoms with Crippen molar-refractivity contribution < 1.29 is 0 Å². The van der Waals surface area contributed by atoms with Gasteiger partial charge in [0, 0.05) is 18.1 Å². The molecule has 1 aliphatic carbocycles. The summed E-state index contributed by atoms with van der Waals surface area (Å²) < 4.78 is 0. The van der Waals surface area contributed by atoms with Crippen molar-refractivity contribution in [3.8, 4) is 0 Å². The van der Waals surface area contributed by atoms with Crippen LogP contribution in [0, 0.1) is 5.92 Å². The van der Waals surface area contributed by atoms with E-state index < -0.39 is 0 Å². The van der Waals surface area contributed by atoms with Crippen molar-refractivity contribution in [2.75, 3.05) is 19.6 Å². The Balaban J connectivity index is 1.68. The van der Waals surface area contributed by atoms with Crippen LogP contribution in [0.15, 0.2) is 0 Å². The fourth-order valence-electron chi connectivity index (χ4n) is 3.79. The summed E-state index contributed by atoms with van der Waals surface area (Å²) >= 11 is 0. The molecule has 19 heavy (non-hydrogen) atoms. The van der Waals surface area contributed by atoms with Gasteiger partial charge in [0.1, 0.15) is 0 Å². The Hall–Kier alpha value is -0.120. The van der Waals surface area contributed by atoms with Crippen molar-refractivity contribution in [1.82, 2.24) is 10.2 Å². The summed E-state index contributed by atoms with van der Waals surface area (Å²) in [6.07, 6.45) is 9.01. The van der Waals surface area contributed by atoms with Gasteiger partial charge in [-0.05, 0) is 77.4 Å². The Labute approximate surface area is 119 Å². The van der Waals surface area contributed by atoms with Gasteiger partial charge in [0.05, 0.1) is 0 Å². The smallest absolute Gasteiger partial charge is 0.00708 e. The molecular formula is C16H33N3. The number of nitrogens with one attached hydrogen (secondary N) is 1. The molecule has 0 aromatic rings. The molecule has 112 valence electrons. The van der Waals surface area contributed by atoms with Crippen LogP contribution in [0.5, 0.6) is 0 Å². The van der Waals surface area contributed by atoms with Gasteiger partial charge >= 0.3 is 0 Å². The Morgan fingerprint density at radius 3 is 2.32 bits per heavy atom. The van der Waals surface area contributed by atoms with Crippen LogP contribution in [0.1, 0.15) is 58.8 Å². The lowest BCUT2D eigenvalue weighted by molar-refractivity contribution is 0.154. The van der Waals surface area contributed by atoms with Gasteiger partial charge in [-0.3, -0.25) is 0 Å². The van der Waals surface area contributed by atoms with Crippen molar-refractivity contribution in [3.05, 3.63) is 0 Å². The van der Waals surface area contributed by atoms with E-state index in [-0.39, 0.29) is 0 Å². The summed E-state index contributed by atoms with van der Waals surface area (Å²) in [6, 6.07) is 1.87. The summed E-state index contributed by atoms with van der Waals surface area (Å²) in [5.41, 5.74) is 5.98. The maximum Gasteiger partial charge on any atom is 0.00708 e. The highest BCUT2D eigenvalue weighted by atomic mass is 15.1. The maximum absolute atomic E-state index is 5.98. The predicted molar refractivity (Wildman–Crippen MR) is 82.3 cm³/mol. The second-order valence-corrected chi connectivity index (χ2v) is 6.75. The van der Waals surface area contributed by atoms with Crippen LogP contribution >= 0.6 is 0 Å². The van der Waals surface area contributed by atoms with Crippen LogP contribution in [-0.2, 0) is 0 Å². The van der Waals surface area contributed by atoms with E-state index in [2.05, 4.69) is 24.1 Å². The summed E-state index contributed by atoms with van der Waals surface area (Å²) in [7, 11) is 0. The molecule has 0 spiro atoms. The first kappa shape index (κ1) is 15.3. The van der Waals surface area contributed by atoms with Crippen LogP contribution in [0.2, 0.25) is 0 Å². The molecule has 2 aliphatic rings. The first-order valence-corrected chi connectivity index (χ1v) is 8.43. The molecule has 3 N–H and O–H groups in total. The minimum atomic E-state index is 0.464. The topological polar surface area (TPSA) is 41.3 Å². The van der Waals surface area contributed by atoms with Crippen molar-refractivity contribution in [1.29, 1.82) is 0 Å². The number of nitrogens with two attached hydrogens (primary N) is 1. The Bertz CT molecular complexity index is 240. The summed E-state index contributed by atoms with van der Waals surface area (Å²) in [6.45, 7) is 8.58. The van der Waals surface area contributed by atoms with Crippen LogP contribution < -0.4 is 11.1 Å². The molecule has 2 rings (SSSR count). The van der Waals surface area contributed by atoms with Crippen molar-refractivity contribution in [3.63, 3.8) is 0 Å². The minimum Gasteiger partial charge on any atom is -0.328 e. The lowest BCUT2D eigenvalue weighted by Crippen LogP contribution is -2.47. The molecule has 3 nitrogen and oxygen atoms in total. The van der Waals surface area contributed by atoms with Crippen molar-refractivity contribution >= 4 is 0 Å². The third-order valence-corrected chi connectivity index (χ3v) is 5.15. The molecule has 1 aliphatic heterocycles. The third-order valence-electron chi connectivity index (χ3n) is 5.15. The molecule has 1 heterocycles. The lowest BCUT2D eigenvalue weighted by Gasteiger charge is -2.37. The molecule has 0 aromatic carbocycles. The van der Waals surface area contributed by atoms with Crippen LogP contribution in [-0.4, -0.2) is 42.7 Å². The van der Waals surface area contributed by atoms with Gasteiger partial charge < -0.3 is 16.0 Å². The normalized spacial score (nSPS) is 32.4. The maximum atomic E-state index is 5.98. The molecule has 1 saturated carbocycles. The molecule has 1 saturated heterocycles. The van der Waals surface area contributed by atoms with Gasteiger partial charge in [0.15, 0.2) is 0 Å². The van der Waals surface area contributed by atoms with E-state index in [0.717, 1.165) is 12.0 Å². The first-order chi connectivity index (χ1) is 9.19. The van der Waals surface area contributed by atoms with Gasteiger partial charge in [-0.1, -0.05) is 6.92 Å². The number of hydrogen-bond donors (Lipinski definition) is 2. The van der Waals surface area contributed by atoms with E-state index in [1.54, 1.807) is 0 Å². The van der Waals surface area contributed by atoms with Gasteiger partial charge in [0.25, 0.3) is 0 Å². The van der Waals surface area contributed by atoms with Gasteiger partial charge in [-0.15, -0.1) is 0 Å². The van der Waals surface area contributed by atoms with E-state index in [1.165, 1.54) is 64.6 Å². The summed E-state index contributed by atoms with van der Waals surface area (Å²) in [5, 5.41) is 3.88. The molecule has 3 heteroatoms. The van der Waals surface area contributed by atoms with E-state index in [4.69, 9.17) is 5.73 Å². The number of nitrogens with zero attached hydrogens (tertiary/aromatic N) is 1. The quantitative estimate of drug-likeness (QED) is 0.803. The predicted octanol–water partition coefficient (Wildman–Crippen LogP) is 2.36.